The Morgan fingerprint density at radius 1 is 0.955 bits per heavy atom. The van der Waals surface area contributed by atoms with Gasteiger partial charge in [0.15, 0.2) is 0 Å². The molecule has 0 unspecified atom stereocenters. The first-order valence-corrected chi connectivity index (χ1v) is 8.13. The van der Waals surface area contributed by atoms with Crippen LogP contribution in [0.1, 0.15) is 52.7 Å². The fourth-order valence-corrected chi connectivity index (χ4v) is 2.02. The minimum Gasteiger partial charge on any atom is -0.507 e. The zero-order chi connectivity index (χ0) is 17.7. The van der Waals surface area contributed by atoms with E-state index in [9.17, 15) is 9.67 Å². The van der Waals surface area contributed by atoms with E-state index < -0.39 is 8.25 Å². The first kappa shape index (κ1) is 20.8. The predicted octanol–water partition coefficient (Wildman–Crippen LogP) is 4.51. The van der Waals surface area contributed by atoms with E-state index in [1.807, 2.05) is 12.1 Å². The normalized spacial score (nSPS) is 11.6. The molecule has 0 saturated heterocycles. The van der Waals surface area contributed by atoms with Gasteiger partial charge in [-0.05, 0) is 23.0 Å². The van der Waals surface area contributed by atoms with Crippen molar-refractivity contribution in [1.29, 1.82) is 0 Å². The maximum atomic E-state index is 10.3. The molecule has 3 N–H and O–H groups in total. The van der Waals surface area contributed by atoms with Crippen molar-refractivity contribution in [1.82, 2.24) is 0 Å². The van der Waals surface area contributed by atoms with Gasteiger partial charge in [-0.2, -0.15) is 0 Å². The number of nitrogen functional groups attached to an aromatic ring is 1. The highest BCUT2D eigenvalue weighted by Crippen LogP contribution is 2.40. The average Bonchev–Trinajstić information content (AvgIpc) is 2.38. The highest BCUT2D eigenvalue weighted by atomic mass is 31.1. The van der Waals surface area contributed by atoms with E-state index in [0.717, 1.165) is 11.1 Å². The minimum absolute atomic E-state index is 0.0978. The van der Waals surface area contributed by atoms with E-state index in [0.29, 0.717) is 11.4 Å². The van der Waals surface area contributed by atoms with Crippen LogP contribution in [0.15, 0.2) is 12.1 Å². The fraction of sp³-hybridized carbons (Fsp3) is 0.625. The van der Waals surface area contributed by atoms with Crippen molar-refractivity contribution in [2.75, 3.05) is 20.0 Å². The Kier molecular flexibility index (Phi) is 7.49. The SMILES string of the molecule is CC(C)(C)c1cc(N)cc(C(C)(C)C)c1O.CO[P+](=O)OC. The van der Waals surface area contributed by atoms with Crippen LogP contribution in [0.3, 0.4) is 0 Å². The summed E-state index contributed by atoms with van der Waals surface area (Å²) in [5.74, 6) is 0.384. The van der Waals surface area contributed by atoms with Gasteiger partial charge in [-0.15, -0.1) is 9.05 Å². The molecule has 0 fully saturated rings. The summed E-state index contributed by atoms with van der Waals surface area (Å²) in [5.41, 5.74) is 8.26. The average molecular weight is 330 g/mol. The molecule has 22 heavy (non-hydrogen) atoms. The Bertz CT molecular complexity index is 475. The number of rotatable bonds is 2. The number of nitrogens with two attached hydrogens (primary N) is 1. The second kappa shape index (κ2) is 7.91. The molecule has 0 aliphatic carbocycles. The van der Waals surface area contributed by atoms with Crippen molar-refractivity contribution in [3.05, 3.63) is 23.3 Å². The molecule has 0 radical (unpaired) electrons. The zero-order valence-electron chi connectivity index (χ0n) is 14.9. The van der Waals surface area contributed by atoms with Crippen molar-refractivity contribution >= 4 is 13.9 Å². The summed E-state index contributed by atoms with van der Waals surface area (Å²) in [6.07, 6.45) is 0. The first-order chi connectivity index (χ1) is 9.84. The van der Waals surface area contributed by atoms with Crippen molar-refractivity contribution in [2.24, 2.45) is 0 Å². The molecular weight excluding hydrogens is 301 g/mol. The smallest absolute Gasteiger partial charge is 0.507 e. The topological polar surface area (TPSA) is 81.8 Å². The van der Waals surface area contributed by atoms with Crippen LogP contribution in [0.25, 0.3) is 0 Å². The lowest BCUT2D eigenvalue weighted by Gasteiger charge is -2.27. The first-order valence-electron chi connectivity index (χ1n) is 7.03. The van der Waals surface area contributed by atoms with E-state index in [2.05, 4.69) is 50.6 Å². The van der Waals surface area contributed by atoms with Crippen LogP contribution >= 0.6 is 8.25 Å². The summed E-state index contributed by atoms with van der Waals surface area (Å²) in [6, 6.07) is 3.73. The van der Waals surface area contributed by atoms with Gasteiger partial charge in [0, 0.05) is 21.4 Å². The van der Waals surface area contributed by atoms with Crippen LogP contribution in [0.2, 0.25) is 0 Å². The molecule has 0 aromatic heterocycles. The molecule has 0 amide bonds. The number of hydrogen-bond donors (Lipinski definition) is 2. The number of phenols is 1. The van der Waals surface area contributed by atoms with Crippen LogP contribution in [0.4, 0.5) is 5.69 Å². The van der Waals surface area contributed by atoms with Crippen molar-refractivity contribution in [3.8, 4) is 5.75 Å². The Hall–Kier alpha value is -1.16. The summed E-state index contributed by atoms with van der Waals surface area (Å²) in [4.78, 5) is 0. The van der Waals surface area contributed by atoms with Crippen LogP contribution in [-0.4, -0.2) is 19.3 Å². The molecule has 0 heterocycles. The maximum absolute atomic E-state index is 10.3. The van der Waals surface area contributed by atoms with E-state index in [1.165, 1.54) is 14.2 Å². The zero-order valence-corrected chi connectivity index (χ0v) is 15.7. The molecule has 0 aliphatic heterocycles. The van der Waals surface area contributed by atoms with Gasteiger partial charge in [-0.1, -0.05) is 41.5 Å². The Morgan fingerprint density at radius 3 is 1.45 bits per heavy atom. The van der Waals surface area contributed by atoms with Crippen LogP contribution in [0.5, 0.6) is 5.75 Å². The van der Waals surface area contributed by atoms with Gasteiger partial charge in [-0.25, -0.2) is 0 Å². The van der Waals surface area contributed by atoms with Gasteiger partial charge in [0.2, 0.25) is 0 Å². The van der Waals surface area contributed by atoms with Gasteiger partial charge in [0.25, 0.3) is 0 Å². The van der Waals surface area contributed by atoms with Crippen molar-refractivity contribution in [3.63, 3.8) is 0 Å². The molecule has 0 bridgehead atoms. The molecule has 0 aliphatic rings. The summed E-state index contributed by atoms with van der Waals surface area (Å²) in [7, 11) is 0.817. The summed E-state index contributed by atoms with van der Waals surface area (Å²) < 4.78 is 18.3. The number of phenolic OH excluding ortho intramolecular Hbond substituents is 1. The maximum Gasteiger partial charge on any atom is 0.696 e. The number of anilines is 1. The van der Waals surface area contributed by atoms with Gasteiger partial charge in [0.1, 0.15) is 5.75 Å². The highest BCUT2D eigenvalue weighted by molar-refractivity contribution is 7.33. The molecule has 5 nitrogen and oxygen atoms in total. The minimum atomic E-state index is -1.83. The fourth-order valence-electron chi connectivity index (χ4n) is 1.87. The second-order valence-corrected chi connectivity index (χ2v) is 8.23. The summed E-state index contributed by atoms with van der Waals surface area (Å²) >= 11 is 0. The van der Waals surface area contributed by atoms with Gasteiger partial charge in [0.05, 0.1) is 14.2 Å². The molecule has 1 aromatic carbocycles. The molecule has 126 valence electrons. The number of benzene rings is 1. The highest BCUT2D eigenvalue weighted by Gasteiger charge is 2.25. The number of hydrogen-bond acceptors (Lipinski definition) is 5. The largest absolute Gasteiger partial charge is 0.696 e. The van der Waals surface area contributed by atoms with Crippen LogP contribution in [0, 0.1) is 0 Å². The van der Waals surface area contributed by atoms with E-state index in [1.54, 1.807) is 0 Å². The Balaban J connectivity index is 0.000000626. The third kappa shape index (κ3) is 6.30. The molecule has 0 saturated carbocycles. The molecule has 1 rings (SSSR count). The molecular formula is C16H29NO4P+. The summed E-state index contributed by atoms with van der Waals surface area (Å²) in [6.45, 7) is 12.5. The monoisotopic (exact) mass is 330 g/mol. The van der Waals surface area contributed by atoms with E-state index in [-0.39, 0.29) is 10.8 Å². The quantitative estimate of drug-likeness (QED) is 0.474. The van der Waals surface area contributed by atoms with Crippen LogP contribution in [-0.2, 0) is 24.4 Å². The van der Waals surface area contributed by atoms with Gasteiger partial charge >= 0.3 is 8.25 Å². The Labute approximate surface area is 134 Å². The lowest BCUT2D eigenvalue weighted by atomic mass is 9.79. The molecule has 6 heteroatoms. The molecule has 0 spiro atoms. The molecule has 1 aromatic rings. The van der Waals surface area contributed by atoms with E-state index >= 15 is 0 Å². The standard InChI is InChI=1S/C14H23NO.C2H6O3P/c1-13(2,3)10-7-9(15)8-11(12(10)16)14(4,5)6;1-4-6(3)5-2/h7-8,16H,15H2,1-6H3;1-2H3/q;+1. The van der Waals surface area contributed by atoms with Crippen molar-refractivity contribution in [2.45, 2.75) is 52.4 Å². The third-order valence-corrected chi connectivity index (χ3v) is 3.64. The van der Waals surface area contributed by atoms with E-state index in [4.69, 9.17) is 5.73 Å². The second-order valence-electron chi connectivity index (χ2n) is 7.05. The summed E-state index contributed by atoms with van der Waals surface area (Å²) in [5, 5.41) is 10.3. The third-order valence-electron chi connectivity index (χ3n) is 3.05. The lowest BCUT2D eigenvalue weighted by molar-refractivity contribution is 0.302. The van der Waals surface area contributed by atoms with Crippen molar-refractivity contribution < 1.29 is 18.7 Å². The number of aromatic hydroxyl groups is 1. The molecule has 0 atom stereocenters. The van der Waals surface area contributed by atoms with Gasteiger partial charge < -0.3 is 10.8 Å². The van der Waals surface area contributed by atoms with Crippen LogP contribution < -0.4 is 5.73 Å². The lowest BCUT2D eigenvalue weighted by Crippen LogP contribution is -2.17. The predicted molar refractivity (Wildman–Crippen MR) is 91.5 cm³/mol. The van der Waals surface area contributed by atoms with Gasteiger partial charge in [-0.3, -0.25) is 0 Å². The Morgan fingerprint density at radius 2 is 1.27 bits per heavy atom.